The summed E-state index contributed by atoms with van der Waals surface area (Å²) in [5.41, 5.74) is 2.57. The van der Waals surface area contributed by atoms with Gasteiger partial charge in [-0.15, -0.1) is 0 Å². The minimum atomic E-state index is -0.111. The lowest BCUT2D eigenvalue weighted by molar-refractivity contribution is -0.145. The van der Waals surface area contributed by atoms with Crippen LogP contribution in [-0.4, -0.2) is 13.1 Å². The van der Waals surface area contributed by atoms with E-state index >= 15 is 0 Å². The molecule has 0 aliphatic rings. The molecule has 0 spiro atoms. The molecule has 0 fully saturated rings. The molecular weight excluding hydrogens is 569 g/mol. The third-order valence-electron chi connectivity index (χ3n) is 2.97. The molecule has 0 saturated heterocycles. The molecule has 1 aromatic carbocycles. The summed E-state index contributed by atoms with van der Waals surface area (Å²) in [6.45, 7) is 4.16. The molecule has 0 N–H and O–H groups in total. The summed E-state index contributed by atoms with van der Waals surface area (Å²) in [5, 5.41) is 0. The van der Waals surface area contributed by atoms with E-state index in [0.29, 0.717) is 0 Å². The average molecular weight is 584 g/mol. The molecule has 1 rings (SSSR count). The van der Waals surface area contributed by atoms with Crippen LogP contribution in [0.25, 0.3) is 0 Å². The van der Waals surface area contributed by atoms with E-state index in [0.717, 1.165) is 12.8 Å². The zero-order valence-corrected chi connectivity index (χ0v) is 17.0. The molecule has 0 aromatic heterocycles. The van der Waals surface area contributed by atoms with Crippen molar-refractivity contribution in [2.75, 3.05) is 7.11 Å². The second kappa shape index (κ2) is 7.61. The monoisotopic (exact) mass is 584 g/mol. The molecule has 2 nitrogen and oxygen atoms in total. The van der Waals surface area contributed by atoms with E-state index in [9.17, 15) is 4.79 Å². The molecule has 1 aromatic rings. The number of ether oxygens (including phenoxy) is 1. The first kappa shape index (κ1) is 16.9. The predicted molar refractivity (Wildman–Crippen MR) is 98.8 cm³/mol. The molecule has 5 heteroatoms. The summed E-state index contributed by atoms with van der Waals surface area (Å²) in [6, 6.07) is 2.18. The summed E-state index contributed by atoms with van der Waals surface area (Å²) in [7, 11) is 1.46. The maximum absolute atomic E-state index is 11.7. The molecule has 18 heavy (non-hydrogen) atoms. The van der Waals surface area contributed by atoms with Gasteiger partial charge in [0.25, 0.3) is 0 Å². The van der Waals surface area contributed by atoms with Crippen molar-refractivity contribution >= 4 is 73.7 Å². The lowest BCUT2D eigenvalue weighted by Gasteiger charge is -2.17. The van der Waals surface area contributed by atoms with Crippen molar-refractivity contribution in [1.82, 2.24) is 0 Å². The number of hydrogen-bond donors (Lipinski definition) is 0. The van der Waals surface area contributed by atoms with Crippen molar-refractivity contribution in [1.29, 1.82) is 0 Å². The molecule has 0 amide bonds. The highest BCUT2D eigenvalue weighted by atomic mass is 127. The molecule has 1 unspecified atom stereocenters. The fourth-order valence-electron chi connectivity index (χ4n) is 1.74. The maximum atomic E-state index is 11.7. The Morgan fingerprint density at radius 2 is 1.94 bits per heavy atom. The SMILES string of the molecule is CCC(Cc1c(I)cc(I)c(C)c1I)C(=O)OC. The van der Waals surface area contributed by atoms with Gasteiger partial charge < -0.3 is 4.74 Å². The minimum Gasteiger partial charge on any atom is -0.469 e. The molecule has 0 bridgehead atoms. The van der Waals surface area contributed by atoms with Crippen LogP contribution in [0.5, 0.6) is 0 Å². The van der Waals surface area contributed by atoms with Gasteiger partial charge in [0.05, 0.1) is 13.0 Å². The summed E-state index contributed by atoms with van der Waals surface area (Å²) in [5.74, 6) is -0.156. The van der Waals surface area contributed by atoms with Gasteiger partial charge in [-0.1, -0.05) is 6.92 Å². The van der Waals surface area contributed by atoms with Crippen LogP contribution in [0.3, 0.4) is 0 Å². The summed E-state index contributed by atoms with van der Waals surface area (Å²) in [6.07, 6.45) is 1.57. The van der Waals surface area contributed by atoms with Crippen molar-refractivity contribution in [2.45, 2.75) is 26.7 Å². The Hall–Kier alpha value is 0.880. The van der Waals surface area contributed by atoms with Crippen LogP contribution in [-0.2, 0) is 16.0 Å². The van der Waals surface area contributed by atoms with E-state index in [1.165, 1.54) is 28.9 Å². The van der Waals surface area contributed by atoms with E-state index in [-0.39, 0.29) is 11.9 Å². The standard InChI is InChI=1S/C13H15I3O2/c1-4-8(13(17)18-3)5-9-11(15)6-10(14)7(2)12(9)16/h6,8H,4-5H2,1-3H3. The van der Waals surface area contributed by atoms with E-state index in [4.69, 9.17) is 4.74 Å². The van der Waals surface area contributed by atoms with Crippen LogP contribution in [0, 0.1) is 23.6 Å². The number of carbonyl (C=O) groups is 1. The van der Waals surface area contributed by atoms with Crippen LogP contribution in [0.2, 0.25) is 0 Å². The van der Waals surface area contributed by atoms with Gasteiger partial charge in [-0.25, -0.2) is 0 Å². The van der Waals surface area contributed by atoms with Gasteiger partial charge in [-0.2, -0.15) is 0 Å². The van der Waals surface area contributed by atoms with Crippen LogP contribution in [0.4, 0.5) is 0 Å². The Bertz CT molecular complexity index is 458. The number of halogens is 3. The number of methoxy groups -OCH3 is 1. The number of rotatable bonds is 4. The van der Waals surface area contributed by atoms with Crippen LogP contribution < -0.4 is 0 Å². The first-order valence-electron chi connectivity index (χ1n) is 5.63. The number of hydrogen-bond acceptors (Lipinski definition) is 2. The molecular formula is C13H15I3O2. The van der Waals surface area contributed by atoms with Gasteiger partial charge in [0, 0.05) is 10.7 Å². The van der Waals surface area contributed by atoms with Gasteiger partial charge in [-0.05, 0) is 105 Å². The Labute approximate surface area is 149 Å². The average Bonchev–Trinajstić information content (AvgIpc) is 2.35. The Balaban J connectivity index is 3.11. The van der Waals surface area contributed by atoms with Crippen molar-refractivity contribution in [3.8, 4) is 0 Å². The lowest BCUT2D eigenvalue weighted by Crippen LogP contribution is -2.19. The van der Waals surface area contributed by atoms with Gasteiger partial charge in [0.15, 0.2) is 0 Å². The van der Waals surface area contributed by atoms with Gasteiger partial charge in [-0.3, -0.25) is 4.79 Å². The quantitative estimate of drug-likeness (QED) is 0.384. The van der Waals surface area contributed by atoms with E-state index in [2.05, 4.69) is 80.8 Å². The molecule has 0 heterocycles. The van der Waals surface area contributed by atoms with Gasteiger partial charge >= 0.3 is 5.97 Å². The second-order valence-corrected chi connectivity index (χ2v) is 7.49. The highest BCUT2D eigenvalue weighted by Gasteiger charge is 2.21. The van der Waals surface area contributed by atoms with E-state index in [1.807, 2.05) is 6.92 Å². The summed E-state index contributed by atoms with van der Waals surface area (Å²) in [4.78, 5) is 11.7. The van der Waals surface area contributed by atoms with Crippen molar-refractivity contribution in [3.63, 3.8) is 0 Å². The summed E-state index contributed by atoms with van der Waals surface area (Å²) < 4.78 is 8.64. The number of esters is 1. The fraction of sp³-hybridized carbons (Fsp3) is 0.462. The Kier molecular flexibility index (Phi) is 7.16. The van der Waals surface area contributed by atoms with E-state index < -0.39 is 0 Å². The normalized spacial score (nSPS) is 12.3. The molecule has 0 radical (unpaired) electrons. The Morgan fingerprint density at radius 1 is 1.33 bits per heavy atom. The third kappa shape index (κ3) is 3.94. The molecule has 100 valence electrons. The fourth-order valence-corrected chi connectivity index (χ4v) is 5.55. The van der Waals surface area contributed by atoms with Gasteiger partial charge in [0.1, 0.15) is 0 Å². The second-order valence-electron chi connectivity index (χ2n) is 4.09. The molecule has 1 atom stereocenters. The van der Waals surface area contributed by atoms with Crippen molar-refractivity contribution in [2.24, 2.45) is 5.92 Å². The summed E-state index contributed by atoms with van der Waals surface area (Å²) >= 11 is 7.09. The van der Waals surface area contributed by atoms with Crippen LogP contribution in [0.1, 0.15) is 24.5 Å². The Morgan fingerprint density at radius 3 is 2.44 bits per heavy atom. The first-order valence-corrected chi connectivity index (χ1v) is 8.86. The third-order valence-corrected chi connectivity index (χ3v) is 6.52. The zero-order chi connectivity index (χ0) is 13.9. The van der Waals surface area contributed by atoms with Gasteiger partial charge in [0.2, 0.25) is 0 Å². The lowest BCUT2D eigenvalue weighted by atomic mass is 9.96. The largest absolute Gasteiger partial charge is 0.469 e. The van der Waals surface area contributed by atoms with Crippen molar-refractivity contribution < 1.29 is 9.53 Å². The number of benzene rings is 1. The zero-order valence-electron chi connectivity index (χ0n) is 10.5. The first-order chi connectivity index (χ1) is 8.42. The number of carbonyl (C=O) groups excluding carboxylic acids is 1. The molecule has 0 aliphatic heterocycles. The highest BCUT2D eigenvalue weighted by molar-refractivity contribution is 14.1. The topological polar surface area (TPSA) is 26.3 Å². The minimum absolute atomic E-state index is 0.0449. The van der Waals surface area contributed by atoms with E-state index in [1.54, 1.807) is 0 Å². The van der Waals surface area contributed by atoms with Crippen LogP contribution >= 0.6 is 67.8 Å². The smallest absolute Gasteiger partial charge is 0.308 e. The maximum Gasteiger partial charge on any atom is 0.308 e. The molecule has 0 saturated carbocycles. The predicted octanol–water partition coefficient (Wildman–Crippen LogP) is 4.55. The highest BCUT2D eigenvalue weighted by Crippen LogP contribution is 2.29. The van der Waals surface area contributed by atoms with Crippen LogP contribution in [0.15, 0.2) is 6.07 Å². The molecule has 0 aliphatic carbocycles. The van der Waals surface area contributed by atoms with Crippen molar-refractivity contribution in [3.05, 3.63) is 27.9 Å².